The first-order valence-corrected chi connectivity index (χ1v) is 12.3. The Balaban J connectivity index is 1.29. The summed E-state index contributed by atoms with van der Waals surface area (Å²) in [7, 11) is 1.36. The number of fused-ring (bicyclic) bond motifs is 2. The highest BCUT2D eigenvalue weighted by molar-refractivity contribution is 5.84. The fourth-order valence-corrected chi connectivity index (χ4v) is 5.32. The lowest BCUT2D eigenvalue weighted by Crippen LogP contribution is -2.50. The van der Waals surface area contributed by atoms with Gasteiger partial charge in [-0.2, -0.15) is 0 Å². The molecule has 9 heteroatoms. The first-order chi connectivity index (χ1) is 17.5. The quantitative estimate of drug-likeness (QED) is 0.357. The highest BCUT2D eigenvalue weighted by Gasteiger charge is 2.30. The van der Waals surface area contributed by atoms with Crippen LogP contribution >= 0.6 is 0 Å². The smallest absolute Gasteiger partial charge is 0.326 e. The third kappa shape index (κ3) is 4.48. The van der Waals surface area contributed by atoms with Crippen molar-refractivity contribution in [2.24, 2.45) is 0 Å². The van der Waals surface area contributed by atoms with Crippen molar-refractivity contribution in [3.05, 3.63) is 70.8 Å². The molecule has 1 saturated heterocycles. The Morgan fingerprint density at radius 1 is 1.08 bits per heavy atom. The maximum Gasteiger partial charge on any atom is 0.326 e. The van der Waals surface area contributed by atoms with Gasteiger partial charge in [-0.05, 0) is 36.6 Å². The number of rotatable bonds is 6. The number of aromatic nitrogens is 3. The van der Waals surface area contributed by atoms with Crippen LogP contribution in [0.1, 0.15) is 43.7 Å². The minimum Gasteiger partial charge on any atom is -0.469 e. The van der Waals surface area contributed by atoms with Gasteiger partial charge < -0.3 is 24.9 Å². The Hall–Kier alpha value is -4.01. The minimum atomic E-state index is -0.432. The van der Waals surface area contributed by atoms with Gasteiger partial charge in [-0.25, -0.2) is 9.59 Å². The summed E-state index contributed by atoms with van der Waals surface area (Å²) < 4.78 is 6.73. The molecule has 2 aromatic heterocycles. The number of ether oxygens (including phenoxy) is 1. The molecule has 0 bridgehead atoms. The summed E-state index contributed by atoms with van der Waals surface area (Å²) in [6.07, 6.45) is 3.37. The summed E-state index contributed by atoms with van der Waals surface area (Å²) in [5.41, 5.74) is 3.63. The number of amides is 2. The Kier molecular flexibility index (Phi) is 6.54. The molecule has 0 radical (unpaired) electrons. The number of aromatic amines is 2. The number of esters is 1. The molecule has 36 heavy (non-hydrogen) atoms. The number of para-hydroxylation sites is 3. The highest BCUT2D eigenvalue weighted by Crippen LogP contribution is 2.30. The number of hydrogen-bond donors (Lipinski definition) is 3. The number of carbonyl (C=O) groups is 2. The van der Waals surface area contributed by atoms with Crippen molar-refractivity contribution in [1.82, 2.24) is 24.8 Å². The fraction of sp³-hybridized carbons (Fsp3) is 0.370. The normalized spacial score (nSPS) is 16.2. The van der Waals surface area contributed by atoms with Gasteiger partial charge in [0, 0.05) is 48.2 Å². The van der Waals surface area contributed by atoms with Gasteiger partial charge in [0.25, 0.3) is 0 Å². The van der Waals surface area contributed by atoms with E-state index in [-0.39, 0.29) is 36.1 Å². The molecule has 188 valence electrons. The van der Waals surface area contributed by atoms with E-state index in [0.29, 0.717) is 25.9 Å². The van der Waals surface area contributed by atoms with E-state index in [1.807, 2.05) is 66.2 Å². The van der Waals surface area contributed by atoms with Crippen LogP contribution < -0.4 is 11.0 Å². The first kappa shape index (κ1) is 23.7. The molecule has 4 aromatic rings. The number of urea groups is 1. The summed E-state index contributed by atoms with van der Waals surface area (Å²) in [6.45, 7) is 3.06. The Labute approximate surface area is 208 Å². The van der Waals surface area contributed by atoms with Crippen molar-refractivity contribution < 1.29 is 14.3 Å². The maximum absolute atomic E-state index is 13.3. The second kappa shape index (κ2) is 9.93. The number of carbonyl (C=O) groups excluding carboxylic acids is 2. The maximum atomic E-state index is 13.3. The third-order valence-corrected chi connectivity index (χ3v) is 7.38. The molecule has 0 saturated carbocycles. The summed E-state index contributed by atoms with van der Waals surface area (Å²) in [6, 6.07) is 15.0. The van der Waals surface area contributed by atoms with Crippen molar-refractivity contribution >= 4 is 33.9 Å². The molecule has 2 atom stereocenters. The van der Waals surface area contributed by atoms with E-state index in [0.717, 1.165) is 27.5 Å². The van der Waals surface area contributed by atoms with Crippen molar-refractivity contribution in [2.75, 3.05) is 20.2 Å². The van der Waals surface area contributed by atoms with Crippen LogP contribution in [0.15, 0.2) is 59.5 Å². The number of piperidine rings is 1. The van der Waals surface area contributed by atoms with Crippen LogP contribution in [-0.4, -0.2) is 57.7 Å². The molecular formula is C27H31N5O4. The lowest BCUT2D eigenvalue weighted by Gasteiger charge is -2.34. The van der Waals surface area contributed by atoms with Gasteiger partial charge in [-0.3, -0.25) is 9.36 Å². The summed E-state index contributed by atoms with van der Waals surface area (Å²) >= 11 is 0. The molecule has 0 aliphatic carbocycles. The molecular weight excluding hydrogens is 458 g/mol. The van der Waals surface area contributed by atoms with Crippen molar-refractivity contribution in [1.29, 1.82) is 0 Å². The third-order valence-electron chi connectivity index (χ3n) is 7.38. The van der Waals surface area contributed by atoms with Crippen LogP contribution in [0.2, 0.25) is 0 Å². The molecule has 5 rings (SSSR count). The average molecular weight is 490 g/mol. The summed E-state index contributed by atoms with van der Waals surface area (Å²) in [5.74, 6) is -0.490. The van der Waals surface area contributed by atoms with E-state index >= 15 is 0 Å². The Morgan fingerprint density at radius 3 is 2.53 bits per heavy atom. The van der Waals surface area contributed by atoms with Gasteiger partial charge >= 0.3 is 17.7 Å². The number of imidazole rings is 1. The second-order valence-corrected chi connectivity index (χ2v) is 9.45. The largest absolute Gasteiger partial charge is 0.469 e. The number of benzene rings is 2. The molecule has 9 nitrogen and oxygen atoms in total. The van der Waals surface area contributed by atoms with E-state index in [2.05, 4.69) is 15.3 Å². The molecule has 1 aliphatic heterocycles. The number of nitrogens with zero attached hydrogens (tertiary/aromatic N) is 2. The van der Waals surface area contributed by atoms with Crippen LogP contribution in [-0.2, 0) is 9.53 Å². The molecule has 2 amide bonds. The van der Waals surface area contributed by atoms with Gasteiger partial charge in [0.05, 0.1) is 24.6 Å². The minimum absolute atomic E-state index is 0.0220. The van der Waals surface area contributed by atoms with Crippen LogP contribution in [0.4, 0.5) is 4.79 Å². The van der Waals surface area contributed by atoms with Gasteiger partial charge in [-0.1, -0.05) is 37.3 Å². The van der Waals surface area contributed by atoms with Gasteiger partial charge in [0.1, 0.15) is 0 Å². The number of methoxy groups -OCH3 is 1. The zero-order valence-electron chi connectivity index (χ0n) is 20.5. The molecule has 3 N–H and O–H groups in total. The van der Waals surface area contributed by atoms with E-state index in [4.69, 9.17) is 4.74 Å². The summed E-state index contributed by atoms with van der Waals surface area (Å²) in [4.78, 5) is 46.0. The fourth-order valence-electron chi connectivity index (χ4n) is 5.32. The number of likely N-dealkylation sites (tertiary alicyclic amines) is 1. The average Bonchev–Trinajstić information content (AvgIpc) is 3.48. The van der Waals surface area contributed by atoms with E-state index in [1.54, 1.807) is 4.90 Å². The zero-order chi connectivity index (χ0) is 25.2. The van der Waals surface area contributed by atoms with Crippen molar-refractivity contribution in [3.8, 4) is 0 Å². The summed E-state index contributed by atoms with van der Waals surface area (Å²) in [5, 5.41) is 4.16. The van der Waals surface area contributed by atoms with E-state index in [9.17, 15) is 14.4 Å². The van der Waals surface area contributed by atoms with Gasteiger partial charge in [0.2, 0.25) is 0 Å². The molecule has 0 unspecified atom stereocenters. The predicted octanol–water partition coefficient (Wildman–Crippen LogP) is 3.89. The van der Waals surface area contributed by atoms with Crippen LogP contribution in [0.5, 0.6) is 0 Å². The van der Waals surface area contributed by atoms with Gasteiger partial charge in [-0.15, -0.1) is 0 Å². The molecule has 2 aromatic carbocycles. The number of nitrogens with one attached hydrogen (secondary N) is 3. The molecule has 1 aliphatic rings. The zero-order valence-corrected chi connectivity index (χ0v) is 20.5. The van der Waals surface area contributed by atoms with Crippen LogP contribution in [0.3, 0.4) is 0 Å². The lowest BCUT2D eigenvalue weighted by molar-refractivity contribution is -0.141. The molecule has 0 spiro atoms. The Bertz CT molecular complexity index is 1440. The monoisotopic (exact) mass is 489 g/mol. The SMILES string of the molecule is COC(=O)C[C@H](NC(=O)N1CCC(n2c(=O)[nH]c3ccccc32)CC1)[C@@H](C)c1c[nH]c2ccccc12. The number of hydrogen-bond acceptors (Lipinski definition) is 4. The lowest BCUT2D eigenvalue weighted by atomic mass is 9.91. The number of H-pyrrole nitrogens is 2. The van der Waals surface area contributed by atoms with Crippen LogP contribution in [0.25, 0.3) is 21.9 Å². The van der Waals surface area contributed by atoms with Crippen LogP contribution in [0, 0.1) is 0 Å². The highest BCUT2D eigenvalue weighted by atomic mass is 16.5. The van der Waals surface area contributed by atoms with Crippen molar-refractivity contribution in [3.63, 3.8) is 0 Å². The molecule has 3 heterocycles. The standard InChI is InChI=1S/C27H31N5O4/c1-17(20-16-28-21-8-4-3-7-19(20)21)23(15-25(33)36-2)30-26(34)31-13-11-18(12-14-31)32-24-10-6-5-9-22(24)29-27(32)35/h3-10,16-18,23,28H,11-15H2,1-2H3,(H,29,35)(H,30,34)/t17-,23-/m0/s1. The van der Waals surface area contributed by atoms with E-state index in [1.165, 1.54) is 7.11 Å². The molecule has 1 fully saturated rings. The van der Waals surface area contributed by atoms with E-state index < -0.39 is 6.04 Å². The Morgan fingerprint density at radius 2 is 1.78 bits per heavy atom. The predicted molar refractivity (Wildman–Crippen MR) is 138 cm³/mol. The topological polar surface area (TPSA) is 112 Å². The van der Waals surface area contributed by atoms with Gasteiger partial charge in [0.15, 0.2) is 0 Å². The second-order valence-electron chi connectivity index (χ2n) is 9.45. The first-order valence-electron chi connectivity index (χ1n) is 12.3. The van der Waals surface area contributed by atoms with Crippen molar-refractivity contribution in [2.45, 2.75) is 44.2 Å².